The first-order valence-corrected chi connectivity index (χ1v) is 3.56. The van der Waals surface area contributed by atoms with E-state index < -0.39 is 24.4 Å². The van der Waals surface area contributed by atoms with E-state index >= 15 is 0 Å². The van der Waals surface area contributed by atoms with Crippen molar-refractivity contribution in [3.8, 4) is 0 Å². The van der Waals surface area contributed by atoms with E-state index in [0.717, 1.165) is 0 Å². The van der Waals surface area contributed by atoms with E-state index in [0.29, 0.717) is 6.29 Å². The molecule has 0 fully saturated rings. The van der Waals surface area contributed by atoms with Crippen LogP contribution in [0.1, 0.15) is 6.92 Å². The van der Waals surface area contributed by atoms with Gasteiger partial charge in [0.25, 0.3) is 0 Å². The van der Waals surface area contributed by atoms with Crippen LogP contribution in [0.4, 0.5) is 0 Å². The van der Waals surface area contributed by atoms with Crippen molar-refractivity contribution in [1.82, 2.24) is 0 Å². The fourth-order valence-corrected chi connectivity index (χ4v) is 0.755. The Morgan fingerprint density at radius 1 is 1.25 bits per heavy atom. The number of rotatable bonds is 5. The number of ether oxygens (including phenoxy) is 1. The molecule has 12 heavy (non-hydrogen) atoms. The summed E-state index contributed by atoms with van der Waals surface area (Å²) in [5, 5.41) is 27.1. The van der Waals surface area contributed by atoms with Gasteiger partial charge in [0.1, 0.15) is 18.3 Å². The monoisotopic (exact) mass is 178 g/mol. The summed E-state index contributed by atoms with van der Waals surface area (Å²) >= 11 is 0. The molecule has 72 valence electrons. The number of hydrogen-bond donors (Lipinski definition) is 3. The molecule has 5 nitrogen and oxygen atoms in total. The molecule has 0 rings (SSSR count). The number of hydrogen-bond acceptors (Lipinski definition) is 5. The summed E-state index contributed by atoms with van der Waals surface area (Å²) in [7, 11) is 1.23. The second-order valence-corrected chi connectivity index (χ2v) is 2.56. The standard InChI is InChI=1S/C7H14O5/c1-4(9)6(10)7(11)5(3-8)12-2/h3-7,9-11H,1-2H3/t4-,5-,6-,7-/m1/s1. The Balaban J connectivity index is 4.14. The highest BCUT2D eigenvalue weighted by Gasteiger charge is 2.28. The van der Waals surface area contributed by atoms with Gasteiger partial charge in [-0.15, -0.1) is 0 Å². The topological polar surface area (TPSA) is 87.0 Å². The maximum absolute atomic E-state index is 10.2. The number of aliphatic hydroxyl groups excluding tert-OH is 3. The van der Waals surface area contributed by atoms with Crippen LogP contribution in [0, 0.1) is 0 Å². The number of aldehydes is 1. The predicted molar refractivity (Wildman–Crippen MR) is 40.6 cm³/mol. The van der Waals surface area contributed by atoms with E-state index in [1.54, 1.807) is 0 Å². The van der Waals surface area contributed by atoms with Crippen LogP contribution < -0.4 is 0 Å². The van der Waals surface area contributed by atoms with Crippen LogP contribution in [-0.4, -0.2) is 53.1 Å². The third-order valence-electron chi connectivity index (χ3n) is 1.59. The molecule has 0 spiro atoms. The Bertz CT molecular complexity index is 136. The van der Waals surface area contributed by atoms with Gasteiger partial charge in [-0.2, -0.15) is 0 Å². The smallest absolute Gasteiger partial charge is 0.151 e. The Morgan fingerprint density at radius 2 is 1.75 bits per heavy atom. The maximum atomic E-state index is 10.2. The summed E-state index contributed by atoms with van der Waals surface area (Å²) in [5.74, 6) is 0. The van der Waals surface area contributed by atoms with Gasteiger partial charge in [-0.3, -0.25) is 0 Å². The molecule has 0 unspecified atom stereocenters. The summed E-state index contributed by atoms with van der Waals surface area (Å²) in [6, 6.07) is 0. The average molecular weight is 178 g/mol. The van der Waals surface area contributed by atoms with Gasteiger partial charge in [0.15, 0.2) is 6.29 Å². The van der Waals surface area contributed by atoms with E-state index in [-0.39, 0.29) is 0 Å². The van der Waals surface area contributed by atoms with E-state index in [4.69, 9.17) is 10.2 Å². The van der Waals surface area contributed by atoms with Gasteiger partial charge < -0.3 is 24.9 Å². The highest BCUT2D eigenvalue weighted by atomic mass is 16.5. The van der Waals surface area contributed by atoms with E-state index in [1.165, 1.54) is 14.0 Å². The van der Waals surface area contributed by atoms with E-state index in [9.17, 15) is 9.90 Å². The van der Waals surface area contributed by atoms with Crippen molar-refractivity contribution < 1.29 is 24.9 Å². The zero-order chi connectivity index (χ0) is 9.72. The van der Waals surface area contributed by atoms with Crippen LogP contribution in [-0.2, 0) is 9.53 Å². The van der Waals surface area contributed by atoms with Gasteiger partial charge in [-0.05, 0) is 6.92 Å². The first-order chi connectivity index (χ1) is 5.54. The Hall–Kier alpha value is -0.490. The van der Waals surface area contributed by atoms with Gasteiger partial charge >= 0.3 is 0 Å². The average Bonchev–Trinajstić information content (AvgIpc) is 2.05. The van der Waals surface area contributed by atoms with Gasteiger partial charge in [-0.25, -0.2) is 0 Å². The minimum Gasteiger partial charge on any atom is -0.391 e. The van der Waals surface area contributed by atoms with Crippen LogP contribution in [0.3, 0.4) is 0 Å². The van der Waals surface area contributed by atoms with Crippen molar-refractivity contribution in [3.63, 3.8) is 0 Å². The molecule has 0 saturated heterocycles. The molecule has 0 aromatic heterocycles. The van der Waals surface area contributed by atoms with Crippen LogP contribution in [0.15, 0.2) is 0 Å². The predicted octanol–water partition coefficient (Wildman–Crippen LogP) is -1.70. The van der Waals surface area contributed by atoms with Crippen LogP contribution in [0.25, 0.3) is 0 Å². The largest absolute Gasteiger partial charge is 0.391 e. The van der Waals surface area contributed by atoms with Crippen molar-refractivity contribution >= 4 is 6.29 Å². The van der Waals surface area contributed by atoms with Crippen molar-refractivity contribution in [2.75, 3.05) is 7.11 Å². The number of aliphatic hydroxyl groups is 3. The Kier molecular flexibility index (Phi) is 5.00. The molecule has 0 aliphatic heterocycles. The summed E-state index contributed by atoms with van der Waals surface area (Å²) in [4.78, 5) is 10.2. The van der Waals surface area contributed by atoms with Crippen molar-refractivity contribution in [2.45, 2.75) is 31.3 Å². The fourth-order valence-electron chi connectivity index (χ4n) is 0.755. The molecule has 4 atom stereocenters. The fraction of sp³-hybridized carbons (Fsp3) is 0.857. The maximum Gasteiger partial charge on any atom is 0.151 e. The highest BCUT2D eigenvalue weighted by molar-refractivity contribution is 5.57. The van der Waals surface area contributed by atoms with Crippen molar-refractivity contribution in [3.05, 3.63) is 0 Å². The lowest BCUT2D eigenvalue weighted by Crippen LogP contribution is -2.44. The number of carbonyl (C=O) groups is 1. The molecule has 0 aliphatic rings. The Labute approximate surface area is 70.6 Å². The lowest BCUT2D eigenvalue weighted by atomic mass is 10.1. The summed E-state index contributed by atoms with van der Waals surface area (Å²) in [6.07, 6.45) is -4.60. The third-order valence-corrected chi connectivity index (χ3v) is 1.59. The highest BCUT2D eigenvalue weighted by Crippen LogP contribution is 2.05. The third kappa shape index (κ3) is 2.86. The molecule has 0 heterocycles. The first-order valence-electron chi connectivity index (χ1n) is 3.56. The van der Waals surface area contributed by atoms with E-state index in [2.05, 4.69) is 4.74 Å². The molecule has 0 amide bonds. The molecule has 0 radical (unpaired) electrons. The molecule has 5 heteroatoms. The normalized spacial score (nSPS) is 21.1. The van der Waals surface area contributed by atoms with E-state index in [1.807, 2.05) is 0 Å². The van der Waals surface area contributed by atoms with Crippen LogP contribution in [0.2, 0.25) is 0 Å². The molecule has 3 N–H and O–H groups in total. The van der Waals surface area contributed by atoms with Gasteiger partial charge in [-0.1, -0.05) is 0 Å². The van der Waals surface area contributed by atoms with Gasteiger partial charge in [0.2, 0.25) is 0 Å². The second kappa shape index (κ2) is 5.21. The SMILES string of the molecule is CO[C@H](C=O)[C@@H](O)[C@H](O)[C@@H](C)O. The zero-order valence-corrected chi connectivity index (χ0v) is 7.04. The van der Waals surface area contributed by atoms with Crippen LogP contribution >= 0.6 is 0 Å². The lowest BCUT2D eigenvalue weighted by Gasteiger charge is -2.23. The minimum atomic E-state index is -1.40. The van der Waals surface area contributed by atoms with Crippen LogP contribution in [0.5, 0.6) is 0 Å². The molecule has 0 bridgehead atoms. The molecule has 0 saturated carbocycles. The van der Waals surface area contributed by atoms with Gasteiger partial charge in [0.05, 0.1) is 6.10 Å². The van der Waals surface area contributed by atoms with Crippen molar-refractivity contribution in [1.29, 1.82) is 0 Å². The van der Waals surface area contributed by atoms with Crippen molar-refractivity contribution in [2.24, 2.45) is 0 Å². The molecule has 0 aromatic rings. The minimum absolute atomic E-state index is 0.371. The first kappa shape index (κ1) is 11.5. The van der Waals surface area contributed by atoms with Gasteiger partial charge in [0, 0.05) is 7.11 Å². The molecular formula is C7H14O5. The lowest BCUT2D eigenvalue weighted by molar-refractivity contribution is -0.136. The molecule has 0 aliphatic carbocycles. The second-order valence-electron chi connectivity index (χ2n) is 2.56. The summed E-state index contributed by atoms with van der Waals surface area (Å²) < 4.78 is 4.54. The quantitative estimate of drug-likeness (QED) is 0.437. The molecular weight excluding hydrogens is 164 g/mol. The Morgan fingerprint density at radius 3 is 2.00 bits per heavy atom. The summed E-state index contributed by atoms with van der Waals surface area (Å²) in [5.41, 5.74) is 0. The zero-order valence-electron chi connectivity index (χ0n) is 7.04. The molecule has 0 aromatic carbocycles. The number of methoxy groups -OCH3 is 1. The summed E-state index contributed by atoms with van der Waals surface area (Å²) in [6.45, 7) is 1.31. The number of carbonyl (C=O) groups excluding carboxylic acids is 1.